The van der Waals surface area contributed by atoms with E-state index >= 15 is 0 Å². The third-order valence-electron chi connectivity index (χ3n) is 2.87. The summed E-state index contributed by atoms with van der Waals surface area (Å²) in [6.07, 6.45) is 4.73. The summed E-state index contributed by atoms with van der Waals surface area (Å²) in [7, 11) is -10.9. The van der Waals surface area contributed by atoms with E-state index in [2.05, 4.69) is 4.98 Å². The average Bonchev–Trinajstić information content (AvgIpc) is 2.70. The van der Waals surface area contributed by atoms with Crippen molar-refractivity contribution in [1.82, 2.24) is 9.55 Å². The number of rotatable bonds is 7. The van der Waals surface area contributed by atoms with Gasteiger partial charge in [0.15, 0.2) is 0 Å². The van der Waals surface area contributed by atoms with Crippen molar-refractivity contribution in [2.45, 2.75) is 37.8 Å². The molecule has 0 aromatic carbocycles. The fourth-order valence-corrected chi connectivity index (χ4v) is 3.66. The minimum absolute atomic E-state index is 0.396. The van der Waals surface area contributed by atoms with Crippen molar-refractivity contribution in [3.05, 3.63) is 18.2 Å². The number of aromatic nitrogens is 2. The Labute approximate surface area is 115 Å². The highest BCUT2D eigenvalue weighted by Gasteiger charge is 2.59. The van der Waals surface area contributed by atoms with E-state index in [0.29, 0.717) is 12.2 Å². The number of imidazole rings is 1. The second-order valence-corrected chi connectivity index (χ2v) is 8.45. The topological polar surface area (TPSA) is 153 Å². The fourth-order valence-electron chi connectivity index (χ4n) is 1.63. The van der Waals surface area contributed by atoms with Crippen LogP contribution in [0, 0.1) is 0 Å². The highest BCUT2D eigenvalue weighted by Crippen LogP contribution is 2.68. The SMILES string of the molecule is CCCCc1nccn1CC(O)(P(=O)(O)O)P(=O)(O)O. The van der Waals surface area contributed by atoms with Crippen LogP contribution in [0.1, 0.15) is 25.6 Å². The molecule has 116 valence electrons. The molecule has 11 heteroatoms. The lowest BCUT2D eigenvalue weighted by Crippen LogP contribution is -2.34. The summed E-state index contributed by atoms with van der Waals surface area (Å²) in [6.45, 7) is 1.01. The predicted octanol–water partition coefficient (Wildman–Crippen LogP) is 0.227. The maximum Gasteiger partial charge on any atom is 0.371 e. The lowest BCUT2D eigenvalue weighted by atomic mass is 10.2. The lowest BCUT2D eigenvalue weighted by Gasteiger charge is -2.29. The first kappa shape index (κ1) is 17.5. The van der Waals surface area contributed by atoms with Crippen LogP contribution < -0.4 is 0 Å². The highest BCUT2D eigenvalue weighted by molar-refractivity contribution is 7.72. The van der Waals surface area contributed by atoms with E-state index in [-0.39, 0.29) is 0 Å². The summed E-state index contributed by atoms with van der Waals surface area (Å²) >= 11 is 0. The van der Waals surface area contributed by atoms with Crippen molar-refractivity contribution in [3.63, 3.8) is 0 Å². The quantitative estimate of drug-likeness (QED) is 0.446. The van der Waals surface area contributed by atoms with Crippen molar-refractivity contribution in [2.75, 3.05) is 0 Å². The molecule has 0 spiro atoms. The molecule has 0 fully saturated rings. The van der Waals surface area contributed by atoms with Crippen LogP contribution in [0.25, 0.3) is 0 Å². The minimum Gasteiger partial charge on any atom is -0.366 e. The van der Waals surface area contributed by atoms with Crippen molar-refractivity contribution in [1.29, 1.82) is 0 Å². The lowest BCUT2D eigenvalue weighted by molar-refractivity contribution is 0.114. The number of nitrogens with zero attached hydrogens (tertiary/aromatic N) is 2. The number of hydrogen-bond donors (Lipinski definition) is 5. The molecule has 0 bridgehead atoms. The Hall–Kier alpha value is -0.530. The van der Waals surface area contributed by atoms with Gasteiger partial charge in [-0.2, -0.15) is 0 Å². The molecule has 1 heterocycles. The highest BCUT2D eigenvalue weighted by atomic mass is 31.2. The van der Waals surface area contributed by atoms with E-state index in [4.69, 9.17) is 19.6 Å². The number of hydrogen-bond acceptors (Lipinski definition) is 4. The van der Waals surface area contributed by atoms with Gasteiger partial charge in [-0.05, 0) is 6.42 Å². The van der Waals surface area contributed by atoms with Gasteiger partial charge in [-0.3, -0.25) is 9.13 Å². The molecule has 20 heavy (non-hydrogen) atoms. The van der Waals surface area contributed by atoms with E-state index in [0.717, 1.165) is 17.4 Å². The molecule has 0 radical (unpaired) electrons. The molecule has 0 saturated heterocycles. The standard InChI is InChI=1S/C9H18N2O7P2/c1-2-3-4-8-10-5-6-11(8)7-9(12,19(13,14)15)20(16,17)18/h5-6,12H,2-4,7H2,1H3,(H2,13,14,15)(H2,16,17,18). The van der Waals surface area contributed by atoms with Crippen LogP contribution in [0.5, 0.6) is 0 Å². The molecule has 0 aliphatic carbocycles. The fraction of sp³-hybridized carbons (Fsp3) is 0.667. The third kappa shape index (κ3) is 3.56. The largest absolute Gasteiger partial charge is 0.371 e. The van der Waals surface area contributed by atoms with Crippen molar-refractivity contribution < 1.29 is 33.8 Å². The minimum atomic E-state index is -5.45. The summed E-state index contributed by atoms with van der Waals surface area (Å²) < 4.78 is 23.7. The van der Waals surface area contributed by atoms with Crippen LogP contribution in [-0.4, -0.2) is 39.3 Å². The zero-order valence-corrected chi connectivity index (χ0v) is 12.6. The van der Waals surface area contributed by atoms with Gasteiger partial charge < -0.3 is 29.2 Å². The van der Waals surface area contributed by atoms with E-state index in [1.807, 2.05) is 6.92 Å². The normalized spacial score (nSPS) is 13.7. The van der Waals surface area contributed by atoms with Crippen molar-refractivity contribution in [3.8, 4) is 0 Å². The molecule has 0 amide bonds. The Morgan fingerprint density at radius 3 is 2.25 bits per heavy atom. The molecule has 0 unspecified atom stereocenters. The molecule has 1 aromatic rings. The van der Waals surface area contributed by atoms with Crippen LogP contribution in [0.4, 0.5) is 0 Å². The first-order valence-corrected chi connectivity index (χ1v) is 9.09. The maximum atomic E-state index is 11.3. The van der Waals surface area contributed by atoms with E-state index in [1.165, 1.54) is 12.4 Å². The third-order valence-corrected chi connectivity index (χ3v) is 6.58. The van der Waals surface area contributed by atoms with Crippen LogP contribution in [0.3, 0.4) is 0 Å². The number of aryl methyl sites for hydroxylation is 1. The van der Waals surface area contributed by atoms with Crippen LogP contribution in [-0.2, 0) is 22.1 Å². The Bertz CT molecular complexity index is 524. The molecule has 0 atom stereocenters. The number of unbranched alkanes of at least 4 members (excludes halogenated alkanes) is 1. The zero-order chi connectivity index (χ0) is 15.6. The smallest absolute Gasteiger partial charge is 0.366 e. The average molecular weight is 328 g/mol. The molecule has 0 saturated carbocycles. The van der Waals surface area contributed by atoms with Gasteiger partial charge in [0.05, 0.1) is 6.54 Å². The predicted molar refractivity (Wildman–Crippen MR) is 69.9 cm³/mol. The zero-order valence-electron chi connectivity index (χ0n) is 10.8. The van der Waals surface area contributed by atoms with E-state index in [1.54, 1.807) is 0 Å². The van der Waals surface area contributed by atoms with Gasteiger partial charge in [-0.15, -0.1) is 0 Å². The molecule has 1 rings (SSSR count). The molecule has 0 aliphatic rings. The van der Waals surface area contributed by atoms with Gasteiger partial charge in [-0.1, -0.05) is 13.3 Å². The van der Waals surface area contributed by atoms with Gasteiger partial charge in [0.1, 0.15) is 5.82 Å². The first-order chi connectivity index (χ1) is 9.03. The summed E-state index contributed by atoms with van der Waals surface area (Å²) in [5.74, 6) is 0.396. The van der Waals surface area contributed by atoms with Gasteiger partial charge in [0, 0.05) is 18.8 Å². The summed E-state index contributed by atoms with van der Waals surface area (Å²) in [5.41, 5.74) is 0. The van der Waals surface area contributed by atoms with E-state index < -0.39 is 26.8 Å². The van der Waals surface area contributed by atoms with Crippen LogP contribution >= 0.6 is 15.2 Å². The van der Waals surface area contributed by atoms with Gasteiger partial charge in [0.25, 0.3) is 5.08 Å². The Balaban J connectivity index is 3.13. The van der Waals surface area contributed by atoms with Crippen LogP contribution in [0.2, 0.25) is 0 Å². The van der Waals surface area contributed by atoms with E-state index in [9.17, 15) is 14.2 Å². The second kappa shape index (κ2) is 6.07. The van der Waals surface area contributed by atoms with Gasteiger partial charge in [-0.25, -0.2) is 4.98 Å². The van der Waals surface area contributed by atoms with Crippen LogP contribution in [0.15, 0.2) is 12.4 Å². The Morgan fingerprint density at radius 2 is 1.80 bits per heavy atom. The van der Waals surface area contributed by atoms with Gasteiger partial charge in [0.2, 0.25) is 0 Å². The maximum absolute atomic E-state index is 11.3. The first-order valence-electron chi connectivity index (χ1n) is 5.86. The molecular weight excluding hydrogens is 310 g/mol. The molecule has 5 N–H and O–H groups in total. The number of aliphatic hydroxyl groups is 1. The van der Waals surface area contributed by atoms with Gasteiger partial charge >= 0.3 is 15.2 Å². The Kier molecular flexibility index (Phi) is 5.32. The molecule has 0 aliphatic heterocycles. The molecule has 9 nitrogen and oxygen atoms in total. The Morgan fingerprint density at radius 1 is 1.25 bits per heavy atom. The monoisotopic (exact) mass is 328 g/mol. The van der Waals surface area contributed by atoms with Crippen molar-refractivity contribution >= 4 is 15.2 Å². The summed E-state index contributed by atoms with van der Waals surface area (Å²) in [5, 5.41) is 6.37. The summed E-state index contributed by atoms with van der Waals surface area (Å²) in [4.78, 5) is 40.2. The second-order valence-electron chi connectivity index (χ2n) is 4.44. The summed E-state index contributed by atoms with van der Waals surface area (Å²) in [6, 6.07) is 0. The molecular formula is C9H18N2O7P2. The van der Waals surface area contributed by atoms with Crippen molar-refractivity contribution in [2.24, 2.45) is 0 Å². The molecule has 1 aromatic heterocycles.